The average molecular weight is 314 g/mol. The van der Waals surface area contributed by atoms with Crippen LogP contribution in [0.3, 0.4) is 0 Å². The molecule has 2 atom stereocenters. The maximum atomic E-state index is 6.67. The fourth-order valence-corrected chi connectivity index (χ4v) is 3.68. The minimum absolute atomic E-state index is 0.0825. The van der Waals surface area contributed by atoms with Gasteiger partial charge in [0.2, 0.25) is 0 Å². The number of nitrogens with two attached hydrogens (primary N) is 1. The normalized spacial score (nSPS) is 27.6. The highest BCUT2D eigenvalue weighted by atomic mass is 35.5. The number of hydrogen-bond donors (Lipinski definition) is 1. The van der Waals surface area contributed by atoms with Crippen molar-refractivity contribution >= 4 is 23.2 Å². The highest BCUT2D eigenvalue weighted by molar-refractivity contribution is 6.42. The summed E-state index contributed by atoms with van der Waals surface area (Å²) in [4.78, 5) is 0. The number of benzene rings is 1. The molecule has 0 aromatic heterocycles. The summed E-state index contributed by atoms with van der Waals surface area (Å²) in [5, 5.41) is 1.24. The van der Waals surface area contributed by atoms with Crippen LogP contribution >= 0.6 is 23.2 Å². The third kappa shape index (κ3) is 4.13. The third-order valence-corrected chi connectivity index (χ3v) is 5.48. The molecule has 0 aliphatic heterocycles. The van der Waals surface area contributed by atoms with Crippen LogP contribution in [0.25, 0.3) is 0 Å². The van der Waals surface area contributed by atoms with Gasteiger partial charge in [0.25, 0.3) is 0 Å². The summed E-state index contributed by atoms with van der Waals surface area (Å²) in [6.07, 6.45) is 6.91. The Balaban J connectivity index is 2.05. The molecule has 0 spiro atoms. The Morgan fingerprint density at radius 1 is 1.20 bits per heavy atom. The molecular formula is C17H25Cl2N. The molecule has 0 amide bonds. The minimum Gasteiger partial charge on any atom is -0.325 e. The molecule has 1 aromatic carbocycles. The Kier molecular flexibility index (Phi) is 5.39. The van der Waals surface area contributed by atoms with Crippen molar-refractivity contribution in [1.29, 1.82) is 0 Å². The van der Waals surface area contributed by atoms with E-state index in [1.807, 2.05) is 18.2 Å². The first-order valence-electron chi connectivity index (χ1n) is 7.62. The van der Waals surface area contributed by atoms with Gasteiger partial charge in [-0.15, -0.1) is 0 Å². The van der Waals surface area contributed by atoms with E-state index in [1.165, 1.54) is 24.8 Å². The molecule has 3 heteroatoms. The van der Waals surface area contributed by atoms with E-state index < -0.39 is 0 Å². The summed E-state index contributed by atoms with van der Waals surface area (Å²) < 4.78 is 0. The van der Waals surface area contributed by atoms with Gasteiger partial charge in [0.15, 0.2) is 0 Å². The maximum absolute atomic E-state index is 6.67. The Morgan fingerprint density at radius 2 is 1.95 bits per heavy atom. The van der Waals surface area contributed by atoms with Crippen LogP contribution in [-0.4, -0.2) is 5.54 Å². The molecule has 1 fully saturated rings. The molecule has 1 saturated carbocycles. The second kappa shape index (κ2) is 6.68. The van der Waals surface area contributed by atoms with E-state index in [0.29, 0.717) is 10.0 Å². The van der Waals surface area contributed by atoms with E-state index in [2.05, 4.69) is 13.8 Å². The summed E-state index contributed by atoms with van der Waals surface area (Å²) in [5.74, 6) is 1.59. The Bertz CT molecular complexity index is 458. The summed E-state index contributed by atoms with van der Waals surface area (Å²) in [7, 11) is 0. The van der Waals surface area contributed by atoms with Crippen molar-refractivity contribution in [3.05, 3.63) is 33.8 Å². The largest absolute Gasteiger partial charge is 0.325 e. The van der Waals surface area contributed by atoms with Crippen LogP contribution in [0.4, 0.5) is 0 Å². The first kappa shape index (κ1) is 16.1. The maximum Gasteiger partial charge on any atom is 0.0595 e. The van der Waals surface area contributed by atoms with E-state index in [9.17, 15) is 0 Å². The average Bonchev–Trinajstić information content (AvgIpc) is 2.56. The predicted octanol–water partition coefficient (Wildman–Crippen LogP) is 5.47. The lowest BCUT2D eigenvalue weighted by molar-refractivity contribution is 0.322. The van der Waals surface area contributed by atoms with Gasteiger partial charge in [-0.05, 0) is 55.2 Å². The lowest BCUT2D eigenvalue weighted by Gasteiger charge is -2.29. The molecule has 0 bridgehead atoms. The Labute approximate surface area is 132 Å². The molecule has 0 radical (unpaired) electrons. The molecule has 0 saturated heterocycles. The molecule has 1 aromatic rings. The first-order chi connectivity index (χ1) is 9.39. The van der Waals surface area contributed by atoms with E-state index in [1.54, 1.807) is 0 Å². The molecule has 112 valence electrons. The van der Waals surface area contributed by atoms with Crippen LogP contribution in [0, 0.1) is 11.8 Å². The lowest BCUT2D eigenvalue weighted by atomic mass is 9.83. The zero-order valence-electron chi connectivity index (χ0n) is 12.5. The van der Waals surface area contributed by atoms with Crippen LogP contribution in [-0.2, 0) is 6.42 Å². The third-order valence-electron chi connectivity index (χ3n) is 4.75. The fourth-order valence-electron chi connectivity index (χ4n) is 3.36. The summed E-state index contributed by atoms with van der Waals surface area (Å²) >= 11 is 12.1. The molecular weight excluding hydrogens is 289 g/mol. The van der Waals surface area contributed by atoms with Crippen molar-refractivity contribution in [1.82, 2.24) is 0 Å². The summed E-state index contributed by atoms with van der Waals surface area (Å²) in [6, 6.07) is 5.88. The lowest BCUT2D eigenvalue weighted by Crippen LogP contribution is -2.41. The highest BCUT2D eigenvalue weighted by Gasteiger charge is 2.30. The molecule has 2 unspecified atom stereocenters. The van der Waals surface area contributed by atoms with Crippen molar-refractivity contribution in [2.75, 3.05) is 0 Å². The quantitative estimate of drug-likeness (QED) is 0.736. The Hall–Kier alpha value is -0.240. The van der Waals surface area contributed by atoms with Crippen molar-refractivity contribution in [3.8, 4) is 0 Å². The Morgan fingerprint density at radius 3 is 2.60 bits per heavy atom. The van der Waals surface area contributed by atoms with E-state index in [4.69, 9.17) is 28.9 Å². The van der Waals surface area contributed by atoms with Crippen LogP contribution in [0.5, 0.6) is 0 Å². The smallest absolute Gasteiger partial charge is 0.0595 e. The van der Waals surface area contributed by atoms with Gasteiger partial charge in [0, 0.05) is 5.54 Å². The van der Waals surface area contributed by atoms with Crippen LogP contribution in [0.15, 0.2) is 18.2 Å². The van der Waals surface area contributed by atoms with Gasteiger partial charge in [-0.3, -0.25) is 0 Å². The minimum atomic E-state index is -0.0825. The summed E-state index contributed by atoms with van der Waals surface area (Å²) in [6.45, 7) is 4.65. The molecule has 0 heterocycles. The molecule has 1 aliphatic rings. The number of rotatable bonds is 3. The molecule has 2 N–H and O–H groups in total. The molecule has 1 aliphatic carbocycles. The first-order valence-corrected chi connectivity index (χ1v) is 8.38. The molecule has 1 nitrogen and oxygen atoms in total. The van der Waals surface area contributed by atoms with Gasteiger partial charge in [-0.2, -0.15) is 0 Å². The number of halogens is 2. The van der Waals surface area contributed by atoms with Crippen molar-refractivity contribution < 1.29 is 0 Å². The van der Waals surface area contributed by atoms with Gasteiger partial charge in [-0.25, -0.2) is 0 Å². The second-order valence-electron chi connectivity index (χ2n) is 6.72. The van der Waals surface area contributed by atoms with Crippen molar-refractivity contribution in [3.63, 3.8) is 0 Å². The second-order valence-corrected chi connectivity index (χ2v) is 7.54. The van der Waals surface area contributed by atoms with Crippen molar-refractivity contribution in [2.45, 2.75) is 57.9 Å². The van der Waals surface area contributed by atoms with Crippen LogP contribution in [0.2, 0.25) is 10.0 Å². The van der Waals surface area contributed by atoms with Gasteiger partial charge < -0.3 is 5.73 Å². The molecule has 2 rings (SSSR count). The van der Waals surface area contributed by atoms with Gasteiger partial charge >= 0.3 is 0 Å². The van der Waals surface area contributed by atoms with Gasteiger partial charge in [-0.1, -0.05) is 56.0 Å². The zero-order valence-corrected chi connectivity index (χ0v) is 14.0. The van der Waals surface area contributed by atoms with E-state index >= 15 is 0 Å². The predicted molar refractivity (Wildman–Crippen MR) is 88.5 cm³/mol. The standard InChI is InChI=1S/C17H25Cl2N/c1-12(2)14-4-3-8-17(20,9-7-14)11-13-5-6-15(18)16(19)10-13/h5-6,10,12,14H,3-4,7-9,11,20H2,1-2H3. The van der Waals surface area contributed by atoms with Gasteiger partial charge in [0.05, 0.1) is 10.0 Å². The van der Waals surface area contributed by atoms with Crippen LogP contribution < -0.4 is 5.73 Å². The van der Waals surface area contributed by atoms with Crippen molar-refractivity contribution in [2.24, 2.45) is 17.6 Å². The van der Waals surface area contributed by atoms with E-state index in [-0.39, 0.29) is 5.54 Å². The number of hydrogen-bond acceptors (Lipinski definition) is 1. The highest BCUT2D eigenvalue weighted by Crippen LogP contribution is 2.35. The van der Waals surface area contributed by atoms with Gasteiger partial charge in [0.1, 0.15) is 0 Å². The molecule has 20 heavy (non-hydrogen) atoms. The summed E-state index contributed by atoms with van der Waals surface area (Å²) in [5.41, 5.74) is 7.78. The monoisotopic (exact) mass is 313 g/mol. The zero-order chi connectivity index (χ0) is 14.8. The fraction of sp³-hybridized carbons (Fsp3) is 0.647. The SMILES string of the molecule is CC(C)C1CCCC(N)(Cc2ccc(Cl)c(Cl)c2)CC1. The van der Waals surface area contributed by atoms with E-state index in [0.717, 1.165) is 31.1 Å². The van der Waals surface area contributed by atoms with Crippen LogP contribution in [0.1, 0.15) is 51.5 Å². The topological polar surface area (TPSA) is 26.0 Å².